The average molecular weight is 377 g/mol. The molecule has 2 aromatic rings. The van der Waals surface area contributed by atoms with Gasteiger partial charge in [0.15, 0.2) is 0 Å². The smallest absolute Gasteiger partial charge is 0.0946 e. The number of rotatable bonds is 7. The van der Waals surface area contributed by atoms with Gasteiger partial charge in [0.25, 0.3) is 0 Å². The molecule has 0 spiro atoms. The zero-order chi connectivity index (χ0) is 14.4. The van der Waals surface area contributed by atoms with Gasteiger partial charge < -0.3 is 9.88 Å². The Labute approximate surface area is 137 Å². The average Bonchev–Trinajstić information content (AvgIpc) is 2.91. The molecule has 3 nitrogen and oxygen atoms in total. The van der Waals surface area contributed by atoms with Gasteiger partial charge in [0.2, 0.25) is 0 Å². The summed E-state index contributed by atoms with van der Waals surface area (Å²) in [4.78, 5) is 4.08. The molecule has 0 bridgehead atoms. The quantitative estimate of drug-likeness (QED) is 0.576. The lowest BCUT2D eigenvalue weighted by Gasteiger charge is -2.21. The molecule has 1 unspecified atom stereocenters. The molecule has 0 aliphatic rings. The fourth-order valence-electron chi connectivity index (χ4n) is 2.01. The second-order valence-corrected chi connectivity index (χ2v) is 6.11. The third kappa shape index (κ3) is 4.48. The van der Waals surface area contributed by atoms with Crippen LogP contribution in [0.5, 0.6) is 0 Å². The van der Waals surface area contributed by atoms with Crippen molar-refractivity contribution in [2.24, 2.45) is 0 Å². The van der Waals surface area contributed by atoms with E-state index in [1.807, 2.05) is 29.2 Å². The van der Waals surface area contributed by atoms with Gasteiger partial charge in [0, 0.05) is 34.3 Å². The highest BCUT2D eigenvalue weighted by Gasteiger charge is 2.15. The summed E-state index contributed by atoms with van der Waals surface area (Å²) in [6, 6.07) is 5.77. The first-order valence-corrected chi connectivity index (χ1v) is 8.28. The van der Waals surface area contributed by atoms with Crippen molar-refractivity contribution in [2.75, 3.05) is 11.9 Å². The van der Waals surface area contributed by atoms with E-state index in [1.165, 1.54) is 0 Å². The number of alkyl halides is 1. The third-order valence-electron chi connectivity index (χ3n) is 2.99. The fourth-order valence-corrected chi connectivity index (χ4v) is 2.83. The number of aromatic nitrogens is 2. The maximum Gasteiger partial charge on any atom is 0.0946 e. The van der Waals surface area contributed by atoms with E-state index in [1.54, 1.807) is 12.3 Å². The zero-order valence-electron chi connectivity index (χ0n) is 10.9. The van der Waals surface area contributed by atoms with Gasteiger partial charge in [0.05, 0.1) is 12.4 Å². The van der Waals surface area contributed by atoms with E-state index in [9.17, 15) is 0 Å². The highest BCUT2D eigenvalue weighted by Crippen LogP contribution is 2.27. The van der Waals surface area contributed by atoms with Crippen molar-refractivity contribution in [2.45, 2.75) is 19.0 Å². The lowest BCUT2D eigenvalue weighted by Crippen LogP contribution is -2.26. The van der Waals surface area contributed by atoms with Crippen molar-refractivity contribution in [3.05, 3.63) is 52.5 Å². The molecule has 1 atom stereocenters. The van der Waals surface area contributed by atoms with Gasteiger partial charge in [0.1, 0.15) is 0 Å². The molecule has 1 N–H and O–H groups in total. The van der Waals surface area contributed by atoms with Crippen molar-refractivity contribution in [3.8, 4) is 0 Å². The van der Waals surface area contributed by atoms with Gasteiger partial charge in [-0.15, -0.1) is 0 Å². The van der Waals surface area contributed by atoms with Gasteiger partial charge in [-0.25, -0.2) is 4.98 Å². The first-order chi connectivity index (χ1) is 9.70. The van der Waals surface area contributed by atoms with E-state index in [2.05, 4.69) is 26.2 Å². The maximum absolute atomic E-state index is 6.32. The minimum atomic E-state index is 0.132. The molecule has 0 saturated heterocycles. The van der Waals surface area contributed by atoms with E-state index >= 15 is 0 Å². The summed E-state index contributed by atoms with van der Waals surface area (Å²) >= 11 is 15.7. The fraction of sp³-hybridized carbons (Fsp3) is 0.357. The largest absolute Gasteiger partial charge is 0.336 e. The van der Waals surface area contributed by atoms with Crippen LogP contribution in [0.4, 0.5) is 0 Å². The minimum Gasteiger partial charge on any atom is -0.336 e. The van der Waals surface area contributed by atoms with Gasteiger partial charge in [-0.1, -0.05) is 45.2 Å². The molecular weight excluding hydrogens is 361 g/mol. The van der Waals surface area contributed by atoms with Crippen LogP contribution in [0.1, 0.15) is 18.0 Å². The van der Waals surface area contributed by atoms with Gasteiger partial charge in [-0.05, 0) is 30.7 Å². The molecular formula is C14H16BrCl2N3. The molecule has 0 saturated carbocycles. The first-order valence-electron chi connectivity index (χ1n) is 6.40. The van der Waals surface area contributed by atoms with E-state index < -0.39 is 0 Å². The molecule has 1 heterocycles. The summed E-state index contributed by atoms with van der Waals surface area (Å²) in [7, 11) is 0. The number of benzene rings is 1. The molecule has 0 radical (unpaired) electrons. The number of hydrogen-bond acceptors (Lipinski definition) is 2. The monoisotopic (exact) mass is 375 g/mol. The minimum absolute atomic E-state index is 0.132. The molecule has 20 heavy (non-hydrogen) atoms. The van der Waals surface area contributed by atoms with Gasteiger partial charge in [-0.3, -0.25) is 0 Å². The molecule has 0 amide bonds. The van der Waals surface area contributed by atoms with E-state index in [0.29, 0.717) is 10.0 Å². The summed E-state index contributed by atoms with van der Waals surface area (Å²) < 4.78 is 2.04. The standard InChI is InChI=1S/C14H16BrCl2N3/c15-4-1-5-19-14(9-20-7-6-18-10-20)12-3-2-11(16)8-13(12)17/h2-3,6-8,10,14,19H,1,4-5,9H2. The Hall–Kier alpha value is -0.550. The van der Waals surface area contributed by atoms with Crippen LogP contribution in [0.25, 0.3) is 0 Å². The van der Waals surface area contributed by atoms with Crippen LogP contribution < -0.4 is 5.32 Å². The van der Waals surface area contributed by atoms with Crippen LogP contribution in [0.3, 0.4) is 0 Å². The Morgan fingerprint density at radius 1 is 1.35 bits per heavy atom. The molecule has 2 rings (SSSR count). The maximum atomic E-state index is 6.32. The van der Waals surface area contributed by atoms with Crippen molar-refractivity contribution in [1.82, 2.24) is 14.9 Å². The summed E-state index contributed by atoms with van der Waals surface area (Å²) in [5, 5.41) is 5.85. The summed E-state index contributed by atoms with van der Waals surface area (Å²) in [6.07, 6.45) is 6.59. The molecule has 108 valence electrons. The van der Waals surface area contributed by atoms with Crippen LogP contribution in [0.15, 0.2) is 36.9 Å². The predicted molar refractivity (Wildman–Crippen MR) is 87.8 cm³/mol. The van der Waals surface area contributed by atoms with Crippen LogP contribution >= 0.6 is 39.1 Å². The Morgan fingerprint density at radius 2 is 2.20 bits per heavy atom. The number of nitrogens with one attached hydrogen (secondary N) is 1. The molecule has 1 aromatic carbocycles. The SMILES string of the molecule is Clc1ccc(C(Cn2ccnc2)NCCCBr)c(Cl)c1. The summed E-state index contributed by atoms with van der Waals surface area (Å²) in [6.45, 7) is 1.70. The topological polar surface area (TPSA) is 29.9 Å². The number of nitrogens with zero attached hydrogens (tertiary/aromatic N) is 2. The first kappa shape index (κ1) is 15.8. The van der Waals surface area contributed by atoms with Crippen LogP contribution in [-0.2, 0) is 6.54 Å². The lowest BCUT2D eigenvalue weighted by atomic mass is 10.1. The normalized spacial score (nSPS) is 12.6. The molecule has 6 heteroatoms. The Morgan fingerprint density at radius 3 is 2.85 bits per heavy atom. The highest BCUT2D eigenvalue weighted by molar-refractivity contribution is 9.09. The number of halogens is 3. The van der Waals surface area contributed by atoms with Crippen molar-refractivity contribution in [1.29, 1.82) is 0 Å². The summed E-state index contributed by atoms with van der Waals surface area (Å²) in [5.41, 5.74) is 1.05. The van der Waals surface area contributed by atoms with E-state index in [4.69, 9.17) is 23.2 Å². The van der Waals surface area contributed by atoms with E-state index in [0.717, 1.165) is 30.4 Å². The van der Waals surface area contributed by atoms with Crippen molar-refractivity contribution < 1.29 is 0 Å². The van der Waals surface area contributed by atoms with Crippen molar-refractivity contribution in [3.63, 3.8) is 0 Å². The molecule has 0 aliphatic carbocycles. The predicted octanol–water partition coefficient (Wildman–Crippen LogP) is 4.31. The third-order valence-corrected chi connectivity index (χ3v) is 4.11. The highest BCUT2D eigenvalue weighted by atomic mass is 79.9. The zero-order valence-corrected chi connectivity index (χ0v) is 14.0. The van der Waals surface area contributed by atoms with Gasteiger partial charge >= 0.3 is 0 Å². The Kier molecular flexibility index (Phi) is 6.36. The molecule has 0 fully saturated rings. The number of imidazole rings is 1. The van der Waals surface area contributed by atoms with Crippen LogP contribution in [-0.4, -0.2) is 21.4 Å². The number of hydrogen-bond donors (Lipinski definition) is 1. The second kappa shape index (κ2) is 8.03. The Bertz CT molecular complexity index is 531. The van der Waals surface area contributed by atoms with E-state index in [-0.39, 0.29) is 6.04 Å². The molecule has 1 aromatic heterocycles. The molecule has 0 aliphatic heterocycles. The second-order valence-electron chi connectivity index (χ2n) is 4.47. The summed E-state index contributed by atoms with van der Waals surface area (Å²) in [5.74, 6) is 0. The van der Waals surface area contributed by atoms with Crippen LogP contribution in [0, 0.1) is 0 Å². The van der Waals surface area contributed by atoms with Crippen molar-refractivity contribution >= 4 is 39.1 Å². The Balaban J connectivity index is 2.15. The lowest BCUT2D eigenvalue weighted by molar-refractivity contribution is 0.464. The van der Waals surface area contributed by atoms with Gasteiger partial charge in [-0.2, -0.15) is 0 Å². The van der Waals surface area contributed by atoms with Crippen LogP contribution in [0.2, 0.25) is 10.0 Å².